The standard InChI is InChI=1S/C16H34/c1-8-11-15(4,5)13-16(6,7)12-10-14(3)9-2/h14H,8-13H2,1-7H3. The lowest BCUT2D eigenvalue weighted by atomic mass is 9.70. The summed E-state index contributed by atoms with van der Waals surface area (Å²) in [5.41, 5.74) is 1.04. The maximum Gasteiger partial charge on any atom is -0.0349 e. The van der Waals surface area contributed by atoms with Crippen molar-refractivity contribution in [2.45, 2.75) is 87.0 Å². The topological polar surface area (TPSA) is 0 Å². The fourth-order valence-corrected chi connectivity index (χ4v) is 2.99. The van der Waals surface area contributed by atoms with Gasteiger partial charge in [0, 0.05) is 0 Å². The van der Waals surface area contributed by atoms with E-state index >= 15 is 0 Å². The van der Waals surface area contributed by atoms with Gasteiger partial charge in [0.15, 0.2) is 0 Å². The van der Waals surface area contributed by atoms with E-state index in [9.17, 15) is 0 Å². The largest absolute Gasteiger partial charge is 0.0654 e. The molecule has 0 fully saturated rings. The van der Waals surface area contributed by atoms with Crippen LogP contribution in [-0.4, -0.2) is 0 Å². The summed E-state index contributed by atoms with van der Waals surface area (Å²) < 4.78 is 0. The van der Waals surface area contributed by atoms with E-state index in [0.717, 1.165) is 5.92 Å². The van der Waals surface area contributed by atoms with Crippen molar-refractivity contribution in [1.82, 2.24) is 0 Å². The average molecular weight is 226 g/mol. The Hall–Kier alpha value is 0. The predicted octanol–water partition coefficient (Wildman–Crippen LogP) is 6.06. The third-order valence-corrected chi connectivity index (χ3v) is 3.89. The van der Waals surface area contributed by atoms with E-state index in [-0.39, 0.29) is 0 Å². The highest BCUT2D eigenvalue weighted by atomic mass is 14.3. The first-order valence-electron chi connectivity index (χ1n) is 7.22. The number of hydrogen-bond acceptors (Lipinski definition) is 0. The smallest absolute Gasteiger partial charge is 0.0349 e. The van der Waals surface area contributed by atoms with Gasteiger partial charge in [-0.3, -0.25) is 0 Å². The Morgan fingerprint density at radius 1 is 0.875 bits per heavy atom. The number of hydrogen-bond donors (Lipinski definition) is 0. The van der Waals surface area contributed by atoms with E-state index in [2.05, 4.69) is 48.5 Å². The van der Waals surface area contributed by atoms with Gasteiger partial charge in [0.25, 0.3) is 0 Å². The molecule has 0 saturated carbocycles. The third-order valence-electron chi connectivity index (χ3n) is 3.89. The Bertz CT molecular complexity index is 176. The molecule has 0 rings (SSSR count). The van der Waals surface area contributed by atoms with Crippen molar-refractivity contribution in [1.29, 1.82) is 0 Å². The van der Waals surface area contributed by atoms with Crippen LogP contribution in [0.15, 0.2) is 0 Å². The zero-order valence-electron chi connectivity index (χ0n) is 12.8. The van der Waals surface area contributed by atoms with Crippen molar-refractivity contribution in [3.8, 4) is 0 Å². The predicted molar refractivity (Wildman–Crippen MR) is 75.8 cm³/mol. The molecule has 0 N–H and O–H groups in total. The first kappa shape index (κ1) is 16.0. The highest BCUT2D eigenvalue weighted by Crippen LogP contribution is 2.40. The molecule has 16 heavy (non-hydrogen) atoms. The van der Waals surface area contributed by atoms with Gasteiger partial charge in [0.05, 0.1) is 0 Å². The molecule has 0 aliphatic heterocycles. The van der Waals surface area contributed by atoms with Crippen LogP contribution in [0.4, 0.5) is 0 Å². The molecular weight excluding hydrogens is 192 g/mol. The Balaban J connectivity index is 4.12. The summed E-state index contributed by atoms with van der Waals surface area (Å²) in [4.78, 5) is 0. The molecule has 0 bridgehead atoms. The first-order chi connectivity index (χ1) is 7.22. The van der Waals surface area contributed by atoms with Gasteiger partial charge >= 0.3 is 0 Å². The fourth-order valence-electron chi connectivity index (χ4n) is 2.99. The van der Waals surface area contributed by atoms with Crippen molar-refractivity contribution < 1.29 is 0 Å². The van der Waals surface area contributed by atoms with Crippen LogP contribution in [0.5, 0.6) is 0 Å². The average Bonchev–Trinajstić information content (AvgIpc) is 2.12. The molecule has 0 spiro atoms. The molecule has 0 aromatic heterocycles. The minimum Gasteiger partial charge on any atom is -0.0654 e. The molecular formula is C16H34. The van der Waals surface area contributed by atoms with Crippen molar-refractivity contribution in [2.75, 3.05) is 0 Å². The molecule has 1 atom stereocenters. The Morgan fingerprint density at radius 3 is 1.81 bits per heavy atom. The van der Waals surface area contributed by atoms with Crippen LogP contribution in [0.3, 0.4) is 0 Å². The van der Waals surface area contributed by atoms with Gasteiger partial charge in [-0.2, -0.15) is 0 Å². The fraction of sp³-hybridized carbons (Fsp3) is 1.00. The summed E-state index contributed by atoms with van der Waals surface area (Å²) in [5.74, 6) is 0.897. The molecule has 0 nitrogen and oxygen atoms in total. The van der Waals surface area contributed by atoms with Gasteiger partial charge in [0.2, 0.25) is 0 Å². The minimum absolute atomic E-state index is 0.516. The monoisotopic (exact) mass is 226 g/mol. The molecule has 98 valence electrons. The molecule has 0 aromatic rings. The molecule has 0 aliphatic rings. The second-order valence-electron chi connectivity index (χ2n) is 7.31. The van der Waals surface area contributed by atoms with Crippen LogP contribution in [0.2, 0.25) is 0 Å². The van der Waals surface area contributed by atoms with Gasteiger partial charge in [0.1, 0.15) is 0 Å². The van der Waals surface area contributed by atoms with Crippen molar-refractivity contribution in [2.24, 2.45) is 16.7 Å². The first-order valence-corrected chi connectivity index (χ1v) is 7.22. The van der Waals surface area contributed by atoms with Gasteiger partial charge in [-0.15, -0.1) is 0 Å². The summed E-state index contributed by atoms with van der Waals surface area (Å²) in [6, 6.07) is 0. The van der Waals surface area contributed by atoms with Gasteiger partial charge in [-0.05, 0) is 36.0 Å². The second kappa shape index (κ2) is 6.67. The van der Waals surface area contributed by atoms with Crippen LogP contribution in [0, 0.1) is 16.7 Å². The second-order valence-corrected chi connectivity index (χ2v) is 7.31. The lowest BCUT2D eigenvalue weighted by molar-refractivity contribution is 0.161. The summed E-state index contributed by atoms with van der Waals surface area (Å²) >= 11 is 0. The lowest BCUT2D eigenvalue weighted by Crippen LogP contribution is -2.23. The Labute approximate surface area is 104 Å². The summed E-state index contributed by atoms with van der Waals surface area (Å²) in [5, 5.41) is 0. The molecule has 0 amide bonds. The van der Waals surface area contributed by atoms with Gasteiger partial charge < -0.3 is 0 Å². The maximum absolute atomic E-state index is 2.45. The van der Waals surface area contributed by atoms with Crippen LogP contribution < -0.4 is 0 Å². The van der Waals surface area contributed by atoms with Crippen molar-refractivity contribution in [3.05, 3.63) is 0 Å². The van der Waals surface area contributed by atoms with Crippen molar-refractivity contribution in [3.63, 3.8) is 0 Å². The van der Waals surface area contributed by atoms with E-state index in [1.54, 1.807) is 0 Å². The summed E-state index contributed by atoms with van der Waals surface area (Å²) in [7, 11) is 0. The highest BCUT2D eigenvalue weighted by Gasteiger charge is 2.28. The van der Waals surface area contributed by atoms with Crippen molar-refractivity contribution >= 4 is 0 Å². The summed E-state index contributed by atoms with van der Waals surface area (Å²) in [6.07, 6.45) is 8.15. The van der Waals surface area contributed by atoms with E-state index in [1.165, 1.54) is 38.5 Å². The zero-order chi connectivity index (χ0) is 12.8. The van der Waals surface area contributed by atoms with Crippen LogP contribution in [0.25, 0.3) is 0 Å². The Kier molecular flexibility index (Phi) is 6.67. The van der Waals surface area contributed by atoms with Gasteiger partial charge in [-0.25, -0.2) is 0 Å². The van der Waals surface area contributed by atoms with Gasteiger partial charge in [-0.1, -0.05) is 67.7 Å². The molecule has 0 aliphatic carbocycles. The Morgan fingerprint density at radius 2 is 1.38 bits per heavy atom. The molecule has 0 saturated heterocycles. The van der Waals surface area contributed by atoms with Crippen LogP contribution in [0.1, 0.15) is 87.0 Å². The third kappa shape index (κ3) is 7.30. The van der Waals surface area contributed by atoms with E-state index in [1.807, 2.05) is 0 Å². The molecule has 1 unspecified atom stereocenters. The molecule has 0 radical (unpaired) electrons. The molecule has 0 heterocycles. The quantitative estimate of drug-likeness (QED) is 0.472. The van der Waals surface area contributed by atoms with E-state index < -0.39 is 0 Å². The minimum atomic E-state index is 0.516. The normalized spacial score (nSPS) is 15.2. The van der Waals surface area contributed by atoms with Crippen LogP contribution in [-0.2, 0) is 0 Å². The maximum atomic E-state index is 2.45. The van der Waals surface area contributed by atoms with Crippen LogP contribution >= 0.6 is 0 Å². The zero-order valence-corrected chi connectivity index (χ0v) is 12.8. The van der Waals surface area contributed by atoms with E-state index in [0.29, 0.717) is 10.8 Å². The molecule has 0 heteroatoms. The molecule has 0 aromatic carbocycles. The van der Waals surface area contributed by atoms with E-state index in [4.69, 9.17) is 0 Å². The highest BCUT2D eigenvalue weighted by molar-refractivity contribution is 4.79. The number of rotatable bonds is 8. The SMILES string of the molecule is CCCC(C)(C)CC(C)(C)CCC(C)CC. The summed E-state index contributed by atoms with van der Waals surface area (Å²) in [6.45, 7) is 16.8. The lowest BCUT2D eigenvalue weighted by Gasteiger charge is -2.35.